The summed E-state index contributed by atoms with van der Waals surface area (Å²) < 4.78 is 14.3. The molecule has 1 fully saturated rings. The lowest BCUT2D eigenvalue weighted by molar-refractivity contribution is 0.111. The number of nitrogens with zero attached hydrogens (tertiary/aromatic N) is 2. The number of hydrogen-bond acceptors (Lipinski definition) is 2. The van der Waals surface area contributed by atoms with Gasteiger partial charge in [-0.05, 0) is 56.2 Å². The Hall–Kier alpha value is -1.19. The summed E-state index contributed by atoms with van der Waals surface area (Å²) >= 11 is 5.93. The normalized spacial score (nSPS) is 21.7. The minimum Gasteiger partial charge on any atom is -0.299 e. The fourth-order valence-corrected chi connectivity index (χ4v) is 4.49. The van der Waals surface area contributed by atoms with Crippen LogP contribution in [-0.4, -0.2) is 34.9 Å². The molecule has 1 aliphatic rings. The molecule has 0 radical (unpaired) electrons. The van der Waals surface area contributed by atoms with E-state index in [1.54, 1.807) is 0 Å². The van der Waals surface area contributed by atoms with E-state index >= 15 is 0 Å². The van der Waals surface area contributed by atoms with Crippen molar-refractivity contribution in [2.75, 3.05) is 19.0 Å². The van der Waals surface area contributed by atoms with Crippen molar-refractivity contribution in [3.63, 3.8) is 0 Å². The second-order valence-electron chi connectivity index (χ2n) is 7.17. The molecule has 136 valence electrons. The average Bonchev–Trinajstić information content (AvgIpc) is 2.64. The molecule has 1 aliphatic heterocycles. The first-order valence-corrected chi connectivity index (χ1v) is 10.1. The molecule has 2 nitrogen and oxygen atoms in total. The van der Waals surface area contributed by atoms with Crippen LogP contribution in [0.2, 0.25) is 0 Å². The van der Waals surface area contributed by atoms with E-state index in [2.05, 4.69) is 16.8 Å². The van der Waals surface area contributed by atoms with Crippen LogP contribution in [0.1, 0.15) is 44.6 Å². The third-order valence-electron chi connectivity index (χ3n) is 5.66. The van der Waals surface area contributed by atoms with Gasteiger partial charge >= 0.3 is 0 Å². The Morgan fingerprint density at radius 2 is 2.16 bits per heavy atom. The number of fused-ring (bicyclic) bond motifs is 1. The maximum absolute atomic E-state index is 14.3. The number of aromatic nitrogens is 1. The predicted octanol–water partition coefficient (Wildman–Crippen LogP) is 5.43. The molecule has 4 heteroatoms. The van der Waals surface area contributed by atoms with Crippen LogP contribution < -0.4 is 0 Å². The van der Waals surface area contributed by atoms with Gasteiger partial charge in [0.1, 0.15) is 5.82 Å². The second-order valence-corrected chi connectivity index (χ2v) is 7.55. The van der Waals surface area contributed by atoms with E-state index in [1.807, 2.05) is 24.3 Å². The van der Waals surface area contributed by atoms with Crippen LogP contribution in [-0.2, 0) is 6.42 Å². The van der Waals surface area contributed by atoms with Gasteiger partial charge in [-0.1, -0.05) is 31.5 Å². The van der Waals surface area contributed by atoms with Gasteiger partial charge in [0.25, 0.3) is 0 Å². The average molecular weight is 363 g/mol. The monoisotopic (exact) mass is 362 g/mol. The van der Waals surface area contributed by atoms with Gasteiger partial charge in [0.05, 0.1) is 11.7 Å². The van der Waals surface area contributed by atoms with Gasteiger partial charge in [-0.25, -0.2) is 4.39 Å². The first-order valence-electron chi connectivity index (χ1n) is 9.55. The first-order chi connectivity index (χ1) is 12.2. The van der Waals surface area contributed by atoms with Gasteiger partial charge in [-0.2, -0.15) is 0 Å². The number of rotatable bonds is 7. The summed E-state index contributed by atoms with van der Waals surface area (Å²) in [5.41, 5.74) is 1.72. The smallest absolute Gasteiger partial charge is 0.145 e. The summed E-state index contributed by atoms with van der Waals surface area (Å²) in [5, 5.41) is 0.964. The van der Waals surface area contributed by atoms with Gasteiger partial charge in [0.2, 0.25) is 0 Å². The van der Waals surface area contributed by atoms with Crippen LogP contribution in [0.15, 0.2) is 30.5 Å². The minimum atomic E-state index is -0.165. The molecule has 0 N–H and O–H groups in total. The lowest BCUT2D eigenvalue weighted by Gasteiger charge is -2.39. The quantitative estimate of drug-likeness (QED) is 0.611. The summed E-state index contributed by atoms with van der Waals surface area (Å²) in [6.45, 7) is 4.43. The predicted molar refractivity (Wildman–Crippen MR) is 104 cm³/mol. The number of pyridine rings is 1. The SMILES string of the molecule is CCC1CC(CCCc2c(F)cnc3ccccc23)CCN1CCCl. The van der Waals surface area contributed by atoms with E-state index in [0.717, 1.165) is 54.2 Å². The highest BCUT2D eigenvalue weighted by molar-refractivity contribution is 6.18. The highest BCUT2D eigenvalue weighted by Crippen LogP contribution is 2.29. The van der Waals surface area contributed by atoms with Crippen molar-refractivity contribution in [2.24, 2.45) is 5.92 Å². The molecular weight excluding hydrogens is 335 g/mol. The number of likely N-dealkylation sites (tertiary alicyclic amines) is 1. The largest absolute Gasteiger partial charge is 0.299 e. The summed E-state index contributed by atoms with van der Waals surface area (Å²) in [6, 6.07) is 8.52. The highest BCUT2D eigenvalue weighted by atomic mass is 35.5. The summed E-state index contributed by atoms with van der Waals surface area (Å²) in [7, 11) is 0. The topological polar surface area (TPSA) is 16.1 Å². The summed E-state index contributed by atoms with van der Waals surface area (Å²) in [5.74, 6) is 1.31. The molecule has 25 heavy (non-hydrogen) atoms. The third-order valence-corrected chi connectivity index (χ3v) is 5.83. The van der Waals surface area contributed by atoms with Crippen molar-refractivity contribution in [1.82, 2.24) is 9.88 Å². The molecule has 3 rings (SSSR count). The van der Waals surface area contributed by atoms with Gasteiger partial charge in [0, 0.05) is 23.9 Å². The van der Waals surface area contributed by atoms with Gasteiger partial charge < -0.3 is 0 Å². The van der Waals surface area contributed by atoms with Crippen LogP contribution in [0.3, 0.4) is 0 Å². The maximum Gasteiger partial charge on any atom is 0.145 e. The second kappa shape index (κ2) is 8.95. The van der Waals surface area contributed by atoms with Gasteiger partial charge in [-0.3, -0.25) is 9.88 Å². The number of hydrogen-bond donors (Lipinski definition) is 0. The minimum absolute atomic E-state index is 0.165. The van der Waals surface area contributed by atoms with Crippen molar-refractivity contribution in [1.29, 1.82) is 0 Å². The Balaban J connectivity index is 1.58. The molecule has 2 heterocycles. The number of alkyl halides is 1. The molecule has 1 aromatic heterocycles. The van der Waals surface area contributed by atoms with Crippen molar-refractivity contribution in [3.05, 3.63) is 41.8 Å². The summed E-state index contributed by atoms with van der Waals surface area (Å²) in [6.07, 6.45) is 8.09. The lowest BCUT2D eigenvalue weighted by Crippen LogP contribution is -2.43. The summed E-state index contributed by atoms with van der Waals surface area (Å²) in [4.78, 5) is 6.74. The Labute approximate surface area is 155 Å². The zero-order chi connectivity index (χ0) is 17.6. The zero-order valence-electron chi connectivity index (χ0n) is 15.1. The molecule has 0 spiro atoms. The number of benzene rings is 1. The first kappa shape index (κ1) is 18.6. The van der Waals surface area contributed by atoms with Crippen molar-refractivity contribution >= 4 is 22.5 Å². The van der Waals surface area contributed by atoms with E-state index in [9.17, 15) is 4.39 Å². The van der Waals surface area contributed by atoms with Crippen LogP contribution in [0, 0.1) is 11.7 Å². The fraction of sp³-hybridized carbons (Fsp3) is 0.571. The molecule has 0 amide bonds. The molecule has 0 saturated carbocycles. The van der Waals surface area contributed by atoms with E-state index in [1.165, 1.54) is 31.9 Å². The van der Waals surface area contributed by atoms with E-state index in [-0.39, 0.29) is 5.82 Å². The number of aryl methyl sites for hydroxylation is 1. The van der Waals surface area contributed by atoms with Gasteiger partial charge in [0.15, 0.2) is 0 Å². The number of piperidine rings is 1. The molecule has 1 saturated heterocycles. The Kier molecular flexibility index (Phi) is 6.66. The standard InChI is InChI=1S/C21H28ClFN2/c1-2-17-14-16(10-12-25(17)13-11-22)6-5-8-18-19-7-3-4-9-21(19)24-15-20(18)23/h3-4,7,9,15-17H,2,5-6,8,10-14H2,1H3. The molecule has 2 aromatic rings. The third kappa shape index (κ3) is 4.51. The number of para-hydroxylation sites is 1. The zero-order valence-corrected chi connectivity index (χ0v) is 15.8. The Morgan fingerprint density at radius 1 is 1.32 bits per heavy atom. The van der Waals surface area contributed by atoms with Crippen molar-refractivity contribution in [2.45, 2.75) is 51.5 Å². The molecule has 0 aliphatic carbocycles. The molecule has 2 atom stereocenters. The fourth-order valence-electron chi connectivity index (χ4n) is 4.27. The molecular formula is C21H28ClFN2. The lowest BCUT2D eigenvalue weighted by atomic mass is 9.85. The maximum atomic E-state index is 14.3. The van der Waals surface area contributed by atoms with E-state index in [4.69, 9.17) is 11.6 Å². The Morgan fingerprint density at radius 3 is 2.96 bits per heavy atom. The van der Waals surface area contributed by atoms with Crippen LogP contribution in [0.4, 0.5) is 4.39 Å². The Bertz CT molecular complexity index is 691. The molecule has 0 bridgehead atoms. The van der Waals surface area contributed by atoms with Gasteiger partial charge in [-0.15, -0.1) is 11.6 Å². The van der Waals surface area contributed by atoms with Crippen molar-refractivity contribution < 1.29 is 4.39 Å². The van der Waals surface area contributed by atoms with E-state index in [0.29, 0.717) is 6.04 Å². The molecule has 1 aromatic carbocycles. The van der Waals surface area contributed by atoms with Crippen LogP contribution in [0.5, 0.6) is 0 Å². The van der Waals surface area contributed by atoms with Crippen molar-refractivity contribution in [3.8, 4) is 0 Å². The van der Waals surface area contributed by atoms with Crippen LogP contribution in [0.25, 0.3) is 10.9 Å². The highest BCUT2D eigenvalue weighted by Gasteiger charge is 2.26. The molecule has 2 unspecified atom stereocenters. The number of halogens is 2. The van der Waals surface area contributed by atoms with Crippen LogP contribution >= 0.6 is 11.6 Å². The van der Waals surface area contributed by atoms with E-state index < -0.39 is 0 Å².